The second-order valence-electron chi connectivity index (χ2n) is 5.04. The Morgan fingerprint density at radius 1 is 1.40 bits per heavy atom. The predicted octanol–water partition coefficient (Wildman–Crippen LogP) is 1.39. The highest BCUT2D eigenvalue weighted by atomic mass is 16.2. The Bertz CT molecular complexity index is 267. The third-order valence-electron chi connectivity index (χ3n) is 2.99. The van der Waals surface area contributed by atoms with Gasteiger partial charge >= 0.3 is 0 Å². The van der Waals surface area contributed by atoms with Crippen LogP contribution in [-0.2, 0) is 4.79 Å². The minimum Gasteiger partial charge on any atom is -0.337 e. The minimum atomic E-state index is 0.105. The van der Waals surface area contributed by atoms with E-state index in [0.29, 0.717) is 18.4 Å². The number of rotatable bonds is 2. The first-order valence-corrected chi connectivity index (χ1v) is 5.61. The van der Waals surface area contributed by atoms with Gasteiger partial charge in [-0.05, 0) is 25.7 Å². The van der Waals surface area contributed by atoms with Crippen molar-refractivity contribution >= 4 is 5.91 Å². The summed E-state index contributed by atoms with van der Waals surface area (Å²) < 4.78 is 0. The first-order valence-electron chi connectivity index (χ1n) is 5.61. The zero-order valence-corrected chi connectivity index (χ0v) is 10.2. The number of allylic oxidation sites excluding steroid dienone is 1. The van der Waals surface area contributed by atoms with Gasteiger partial charge in [0.2, 0.25) is 5.91 Å². The molecule has 0 aromatic rings. The molecule has 0 saturated carbocycles. The average molecular weight is 210 g/mol. The lowest BCUT2D eigenvalue weighted by molar-refractivity contribution is -0.125. The minimum absolute atomic E-state index is 0.105. The van der Waals surface area contributed by atoms with E-state index < -0.39 is 0 Å². The predicted molar refractivity (Wildman–Crippen MR) is 62.3 cm³/mol. The highest BCUT2D eigenvalue weighted by Crippen LogP contribution is 2.23. The molecule has 1 saturated heterocycles. The largest absolute Gasteiger partial charge is 0.337 e. The van der Waals surface area contributed by atoms with Crippen LogP contribution in [0.5, 0.6) is 0 Å². The standard InChI is InChI=1S/C12H22N2O/c1-8(2)5-12(15)14-6-10(9(3)4)11(13)7-14/h5,9-11H,6-7,13H2,1-4H3/t10-,11+/m1/s1. The molecule has 1 amide bonds. The molecule has 3 heteroatoms. The van der Waals surface area contributed by atoms with E-state index in [9.17, 15) is 4.79 Å². The number of nitrogens with two attached hydrogens (primary N) is 1. The molecule has 2 N–H and O–H groups in total. The van der Waals surface area contributed by atoms with E-state index in [1.807, 2.05) is 18.7 Å². The Morgan fingerprint density at radius 3 is 2.40 bits per heavy atom. The molecular formula is C12H22N2O. The number of hydrogen-bond donors (Lipinski definition) is 1. The van der Waals surface area contributed by atoms with Gasteiger partial charge in [-0.3, -0.25) is 4.79 Å². The fraction of sp³-hybridized carbons (Fsp3) is 0.750. The van der Waals surface area contributed by atoms with Gasteiger partial charge in [0, 0.05) is 25.2 Å². The molecule has 0 aromatic carbocycles. The lowest BCUT2D eigenvalue weighted by atomic mass is 9.92. The second kappa shape index (κ2) is 4.79. The number of carbonyl (C=O) groups excluding carboxylic acids is 1. The summed E-state index contributed by atoms with van der Waals surface area (Å²) in [5, 5.41) is 0. The lowest BCUT2D eigenvalue weighted by Gasteiger charge is -2.17. The zero-order valence-electron chi connectivity index (χ0n) is 10.2. The molecule has 0 spiro atoms. The molecule has 1 aliphatic rings. The smallest absolute Gasteiger partial charge is 0.246 e. The van der Waals surface area contributed by atoms with E-state index in [-0.39, 0.29) is 11.9 Å². The zero-order chi connectivity index (χ0) is 11.6. The summed E-state index contributed by atoms with van der Waals surface area (Å²) in [5.41, 5.74) is 7.07. The van der Waals surface area contributed by atoms with Gasteiger partial charge in [0.25, 0.3) is 0 Å². The molecule has 1 fully saturated rings. The Hall–Kier alpha value is -0.830. The van der Waals surface area contributed by atoms with Crippen molar-refractivity contribution in [3.05, 3.63) is 11.6 Å². The van der Waals surface area contributed by atoms with Crippen molar-refractivity contribution in [2.75, 3.05) is 13.1 Å². The van der Waals surface area contributed by atoms with Gasteiger partial charge in [0.05, 0.1) is 0 Å². The molecular weight excluding hydrogens is 188 g/mol. The van der Waals surface area contributed by atoms with Gasteiger partial charge < -0.3 is 10.6 Å². The van der Waals surface area contributed by atoms with Gasteiger partial charge in [-0.2, -0.15) is 0 Å². The summed E-state index contributed by atoms with van der Waals surface area (Å²) in [6.45, 7) is 9.72. The van der Waals surface area contributed by atoms with Crippen LogP contribution in [0.4, 0.5) is 0 Å². The summed E-state index contributed by atoms with van der Waals surface area (Å²) in [5.74, 6) is 1.10. The number of hydrogen-bond acceptors (Lipinski definition) is 2. The first-order chi connectivity index (χ1) is 6.91. The molecule has 1 rings (SSSR count). The first kappa shape index (κ1) is 12.2. The van der Waals surface area contributed by atoms with E-state index in [2.05, 4.69) is 13.8 Å². The quantitative estimate of drug-likeness (QED) is 0.700. The molecule has 2 atom stereocenters. The van der Waals surface area contributed by atoms with Crippen LogP contribution in [-0.4, -0.2) is 29.9 Å². The second-order valence-corrected chi connectivity index (χ2v) is 5.04. The molecule has 1 heterocycles. The van der Waals surface area contributed by atoms with Crippen molar-refractivity contribution in [2.45, 2.75) is 33.7 Å². The lowest BCUT2D eigenvalue weighted by Crippen LogP contribution is -2.32. The van der Waals surface area contributed by atoms with Crippen molar-refractivity contribution in [1.29, 1.82) is 0 Å². The number of nitrogens with zero attached hydrogens (tertiary/aromatic N) is 1. The summed E-state index contributed by atoms with van der Waals surface area (Å²) in [7, 11) is 0. The van der Waals surface area contributed by atoms with Crippen LogP contribution < -0.4 is 5.73 Å². The topological polar surface area (TPSA) is 46.3 Å². The number of carbonyl (C=O) groups is 1. The maximum absolute atomic E-state index is 11.8. The average Bonchev–Trinajstić information content (AvgIpc) is 2.46. The van der Waals surface area contributed by atoms with E-state index in [1.54, 1.807) is 6.08 Å². The Balaban J connectivity index is 2.62. The summed E-state index contributed by atoms with van der Waals surface area (Å²) >= 11 is 0. The molecule has 0 radical (unpaired) electrons. The Morgan fingerprint density at radius 2 is 2.00 bits per heavy atom. The normalized spacial score (nSPS) is 25.9. The van der Waals surface area contributed by atoms with Gasteiger partial charge in [-0.1, -0.05) is 19.4 Å². The summed E-state index contributed by atoms with van der Waals surface area (Å²) in [6, 6.07) is 0.138. The van der Waals surface area contributed by atoms with Crippen LogP contribution in [0.1, 0.15) is 27.7 Å². The number of likely N-dealkylation sites (tertiary alicyclic amines) is 1. The molecule has 0 aromatic heterocycles. The van der Waals surface area contributed by atoms with E-state index in [0.717, 1.165) is 12.1 Å². The van der Waals surface area contributed by atoms with Crippen LogP contribution in [0.2, 0.25) is 0 Å². The van der Waals surface area contributed by atoms with E-state index >= 15 is 0 Å². The highest BCUT2D eigenvalue weighted by molar-refractivity contribution is 5.88. The molecule has 0 bridgehead atoms. The summed E-state index contributed by atoms with van der Waals surface area (Å²) in [4.78, 5) is 13.6. The fourth-order valence-corrected chi connectivity index (χ4v) is 2.08. The van der Waals surface area contributed by atoms with Crippen LogP contribution >= 0.6 is 0 Å². The van der Waals surface area contributed by atoms with Gasteiger partial charge in [-0.15, -0.1) is 0 Å². The SMILES string of the molecule is CC(C)=CC(=O)N1C[C@H](C(C)C)[C@@H](N)C1. The van der Waals surface area contributed by atoms with Crippen molar-refractivity contribution in [3.63, 3.8) is 0 Å². The fourth-order valence-electron chi connectivity index (χ4n) is 2.08. The van der Waals surface area contributed by atoms with E-state index in [1.165, 1.54) is 0 Å². The molecule has 1 aliphatic heterocycles. The van der Waals surface area contributed by atoms with Crippen molar-refractivity contribution in [1.82, 2.24) is 4.90 Å². The Labute approximate surface area is 92.3 Å². The van der Waals surface area contributed by atoms with Crippen LogP contribution in [0.25, 0.3) is 0 Å². The van der Waals surface area contributed by atoms with Crippen LogP contribution in [0.3, 0.4) is 0 Å². The van der Waals surface area contributed by atoms with Crippen LogP contribution in [0.15, 0.2) is 11.6 Å². The van der Waals surface area contributed by atoms with Crippen LogP contribution in [0, 0.1) is 11.8 Å². The molecule has 0 unspecified atom stereocenters. The van der Waals surface area contributed by atoms with Gasteiger partial charge in [0.15, 0.2) is 0 Å². The Kier molecular flexibility index (Phi) is 3.91. The highest BCUT2D eigenvalue weighted by Gasteiger charge is 2.33. The number of amides is 1. The maximum atomic E-state index is 11.8. The third kappa shape index (κ3) is 3.06. The van der Waals surface area contributed by atoms with Crippen molar-refractivity contribution in [3.8, 4) is 0 Å². The maximum Gasteiger partial charge on any atom is 0.246 e. The van der Waals surface area contributed by atoms with Gasteiger partial charge in [0.1, 0.15) is 0 Å². The van der Waals surface area contributed by atoms with Crippen molar-refractivity contribution < 1.29 is 4.79 Å². The summed E-state index contributed by atoms with van der Waals surface area (Å²) in [6.07, 6.45) is 1.69. The molecule has 0 aliphatic carbocycles. The van der Waals surface area contributed by atoms with E-state index in [4.69, 9.17) is 5.73 Å². The molecule has 15 heavy (non-hydrogen) atoms. The third-order valence-corrected chi connectivity index (χ3v) is 2.99. The van der Waals surface area contributed by atoms with Gasteiger partial charge in [-0.25, -0.2) is 0 Å². The molecule has 86 valence electrons. The monoisotopic (exact) mass is 210 g/mol. The van der Waals surface area contributed by atoms with Crippen molar-refractivity contribution in [2.24, 2.45) is 17.6 Å². The molecule has 3 nitrogen and oxygen atoms in total.